The van der Waals surface area contributed by atoms with Crippen LogP contribution in [-0.2, 0) is 0 Å². The number of pyridine rings is 1. The molecule has 0 unspecified atom stereocenters. The molecule has 0 radical (unpaired) electrons. The minimum absolute atomic E-state index is 0.414. The predicted molar refractivity (Wildman–Crippen MR) is 85.1 cm³/mol. The second-order valence-corrected chi connectivity index (χ2v) is 6.30. The van der Waals surface area contributed by atoms with Crippen molar-refractivity contribution < 1.29 is 0 Å². The molecule has 112 valence electrons. The maximum absolute atomic E-state index is 7.18. The molecular formula is C17H14N6. The van der Waals surface area contributed by atoms with Crippen LogP contribution >= 0.6 is 0 Å². The quantitative estimate of drug-likeness (QED) is 0.693. The lowest BCUT2D eigenvalue weighted by Gasteiger charge is -2.06. The standard InChI is InChI=1S/C17H14N6/c1-18-15-7-6-13-17(21-15)23(12-4-5-12)16(20-13)11-8-14(10-2-3-10)22-19-9-11/h6-10,12H,2-5H2. The van der Waals surface area contributed by atoms with Crippen LogP contribution in [0.25, 0.3) is 27.4 Å². The van der Waals surface area contributed by atoms with Crippen LogP contribution in [0.2, 0.25) is 0 Å². The van der Waals surface area contributed by atoms with Gasteiger partial charge in [-0.3, -0.25) is 4.57 Å². The summed E-state index contributed by atoms with van der Waals surface area (Å²) < 4.78 is 2.18. The first-order valence-corrected chi connectivity index (χ1v) is 7.93. The Bertz CT molecular complexity index is 959. The van der Waals surface area contributed by atoms with E-state index in [-0.39, 0.29) is 0 Å². The van der Waals surface area contributed by atoms with E-state index in [1.807, 2.05) is 6.07 Å². The summed E-state index contributed by atoms with van der Waals surface area (Å²) in [7, 11) is 0. The summed E-state index contributed by atoms with van der Waals surface area (Å²) in [5.74, 6) is 1.87. The first kappa shape index (κ1) is 12.7. The molecule has 0 N–H and O–H groups in total. The Balaban J connectivity index is 1.73. The number of rotatable bonds is 3. The van der Waals surface area contributed by atoms with E-state index in [2.05, 4.69) is 30.7 Å². The molecule has 0 amide bonds. The van der Waals surface area contributed by atoms with E-state index in [1.54, 1.807) is 12.3 Å². The lowest BCUT2D eigenvalue weighted by atomic mass is 10.2. The van der Waals surface area contributed by atoms with Crippen LogP contribution in [0.1, 0.15) is 43.3 Å². The fourth-order valence-corrected chi connectivity index (χ4v) is 2.99. The highest BCUT2D eigenvalue weighted by Gasteiger charge is 2.32. The van der Waals surface area contributed by atoms with Gasteiger partial charge in [-0.1, -0.05) is 11.6 Å². The van der Waals surface area contributed by atoms with Gasteiger partial charge in [0.2, 0.25) is 0 Å². The molecule has 0 atom stereocenters. The normalized spacial score (nSPS) is 17.3. The molecule has 23 heavy (non-hydrogen) atoms. The molecule has 5 rings (SSSR count). The number of hydrogen-bond acceptors (Lipinski definition) is 4. The van der Waals surface area contributed by atoms with Gasteiger partial charge >= 0.3 is 0 Å². The Hall–Kier alpha value is -2.81. The first-order chi connectivity index (χ1) is 11.3. The number of aromatic nitrogens is 5. The summed E-state index contributed by atoms with van der Waals surface area (Å²) in [6.07, 6.45) is 6.45. The van der Waals surface area contributed by atoms with Crippen molar-refractivity contribution in [1.82, 2.24) is 24.7 Å². The van der Waals surface area contributed by atoms with Crippen LogP contribution in [0.5, 0.6) is 0 Å². The summed E-state index contributed by atoms with van der Waals surface area (Å²) in [6, 6.07) is 6.15. The van der Waals surface area contributed by atoms with Crippen molar-refractivity contribution in [3.05, 3.63) is 41.5 Å². The third kappa shape index (κ3) is 2.08. The van der Waals surface area contributed by atoms with Crippen LogP contribution in [0.4, 0.5) is 5.82 Å². The summed E-state index contributed by atoms with van der Waals surface area (Å²) in [5.41, 5.74) is 3.70. The molecule has 0 saturated heterocycles. The van der Waals surface area contributed by atoms with Gasteiger partial charge in [0.25, 0.3) is 11.5 Å². The zero-order chi connectivity index (χ0) is 15.4. The Morgan fingerprint density at radius 2 is 2.00 bits per heavy atom. The van der Waals surface area contributed by atoms with E-state index in [4.69, 9.17) is 11.6 Å². The topological polar surface area (TPSA) is 60.9 Å². The SMILES string of the molecule is [C-]#[N+]c1ccc2nc(-c3cnnc(C4CC4)c3)n(C3CC3)c2n1. The van der Waals surface area contributed by atoms with Crippen molar-refractivity contribution >= 4 is 17.0 Å². The van der Waals surface area contributed by atoms with Crippen molar-refractivity contribution in [3.63, 3.8) is 0 Å². The molecule has 0 spiro atoms. The van der Waals surface area contributed by atoms with Crippen molar-refractivity contribution in [3.8, 4) is 11.4 Å². The predicted octanol–water partition coefficient (Wildman–Crippen LogP) is 3.65. The lowest BCUT2D eigenvalue weighted by Crippen LogP contribution is -2.00. The van der Waals surface area contributed by atoms with Crippen LogP contribution in [0, 0.1) is 6.57 Å². The van der Waals surface area contributed by atoms with Crippen molar-refractivity contribution in [2.24, 2.45) is 0 Å². The van der Waals surface area contributed by atoms with Gasteiger partial charge in [-0.25, -0.2) is 4.98 Å². The molecule has 0 aliphatic heterocycles. The Morgan fingerprint density at radius 3 is 2.74 bits per heavy atom. The van der Waals surface area contributed by atoms with Crippen molar-refractivity contribution in [2.75, 3.05) is 0 Å². The highest BCUT2D eigenvalue weighted by molar-refractivity contribution is 5.79. The van der Waals surface area contributed by atoms with E-state index in [9.17, 15) is 0 Å². The number of hydrogen-bond donors (Lipinski definition) is 0. The van der Waals surface area contributed by atoms with Crippen molar-refractivity contribution in [1.29, 1.82) is 0 Å². The minimum Gasteiger partial charge on any atom is -0.361 e. The first-order valence-electron chi connectivity index (χ1n) is 7.93. The van der Waals surface area contributed by atoms with Gasteiger partial charge in [-0.15, -0.1) is 0 Å². The average molecular weight is 302 g/mol. The Morgan fingerprint density at radius 1 is 1.13 bits per heavy atom. The largest absolute Gasteiger partial charge is 0.361 e. The third-order valence-corrected chi connectivity index (χ3v) is 4.48. The molecule has 0 aromatic carbocycles. The van der Waals surface area contributed by atoms with E-state index in [0.717, 1.165) is 41.1 Å². The van der Waals surface area contributed by atoms with Gasteiger partial charge in [-0.2, -0.15) is 10.2 Å². The van der Waals surface area contributed by atoms with Gasteiger partial charge in [0.1, 0.15) is 11.3 Å². The van der Waals surface area contributed by atoms with Crippen LogP contribution < -0.4 is 0 Å². The molecule has 2 aliphatic carbocycles. The van der Waals surface area contributed by atoms with E-state index in [1.165, 1.54) is 12.8 Å². The summed E-state index contributed by atoms with van der Waals surface area (Å²) in [4.78, 5) is 12.7. The number of imidazole rings is 1. The van der Waals surface area contributed by atoms with E-state index < -0.39 is 0 Å². The molecule has 3 aromatic rings. The van der Waals surface area contributed by atoms with Gasteiger partial charge in [0.05, 0.1) is 11.9 Å². The zero-order valence-corrected chi connectivity index (χ0v) is 12.5. The van der Waals surface area contributed by atoms with Gasteiger partial charge in [0.15, 0.2) is 0 Å². The van der Waals surface area contributed by atoms with E-state index in [0.29, 0.717) is 17.8 Å². The highest BCUT2D eigenvalue weighted by atomic mass is 15.2. The number of nitrogens with zero attached hydrogens (tertiary/aromatic N) is 6. The monoisotopic (exact) mass is 302 g/mol. The fourth-order valence-electron chi connectivity index (χ4n) is 2.99. The Labute approximate surface area is 133 Å². The Kier molecular flexibility index (Phi) is 2.54. The van der Waals surface area contributed by atoms with Crippen LogP contribution in [0.3, 0.4) is 0 Å². The average Bonchev–Trinajstić information content (AvgIpc) is 3.50. The summed E-state index contributed by atoms with van der Waals surface area (Å²) in [5, 5.41) is 8.43. The minimum atomic E-state index is 0.414. The molecule has 2 saturated carbocycles. The van der Waals surface area contributed by atoms with Gasteiger partial charge < -0.3 is 4.85 Å². The van der Waals surface area contributed by atoms with E-state index >= 15 is 0 Å². The lowest BCUT2D eigenvalue weighted by molar-refractivity contribution is 0.765. The fraction of sp³-hybridized carbons (Fsp3) is 0.353. The molecular weight excluding hydrogens is 288 g/mol. The molecule has 0 bridgehead atoms. The van der Waals surface area contributed by atoms with Crippen molar-refractivity contribution in [2.45, 2.75) is 37.6 Å². The second kappa shape index (κ2) is 4.59. The van der Waals surface area contributed by atoms with Crippen LogP contribution in [-0.4, -0.2) is 24.7 Å². The number of fused-ring (bicyclic) bond motifs is 1. The zero-order valence-electron chi connectivity index (χ0n) is 12.5. The third-order valence-electron chi connectivity index (χ3n) is 4.48. The maximum Gasteiger partial charge on any atom is 0.271 e. The van der Waals surface area contributed by atoms with Crippen LogP contribution in [0.15, 0.2) is 24.4 Å². The smallest absolute Gasteiger partial charge is 0.271 e. The molecule has 3 heterocycles. The molecule has 2 aliphatic rings. The maximum atomic E-state index is 7.18. The summed E-state index contributed by atoms with van der Waals surface area (Å²) in [6.45, 7) is 7.18. The van der Waals surface area contributed by atoms with Gasteiger partial charge in [-0.05, 0) is 43.9 Å². The second-order valence-electron chi connectivity index (χ2n) is 6.30. The highest BCUT2D eigenvalue weighted by Crippen LogP contribution is 2.42. The molecule has 3 aromatic heterocycles. The van der Waals surface area contributed by atoms with Gasteiger partial charge in [0, 0.05) is 17.5 Å². The molecule has 6 heteroatoms. The molecule has 2 fully saturated rings. The summed E-state index contributed by atoms with van der Waals surface area (Å²) >= 11 is 0. The molecule has 6 nitrogen and oxygen atoms in total.